The summed E-state index contributed by atoms with van der Waals surface area (Å²) in [5, 5.41) is 12.5. The summed E-state index contributed by atoms with van der Waals surface area (Å²) in [6.07, 6.45) is 2.24. The van der Waals surface area contributed by atoms with Gasteiger partial charge in [-0.1, -0.05) is 46.3 Å². The van der Waals surface area contributed by atoms with Crippen LogP contribution in [0, 0.1) is 0 Å². The summed E-state index contributed by atoms with van der Waals surface area (Å²) in [4.78, 5) is 4.90. The maximum atomic E-state index is 10.4. The van der Waals surface area contributed by atoms with Crippen LogP contribution < -0.4 is 5.32 Å². The molecule has 1 aromatic heterocycles. The topological polar surface area (TPSA) is 62.3 Å². The number of hydrogen-bond donors (Lipinski definition) is 2. The van der Waals surface area contributed by atoms with E-state index in [4.69, 9.17) is 9.41 Å². The van der Waals surface area contributed by atoms with Gasteiger partial charge in [-0.15, -0.1) is 0 Å². The molecule has 25 heavy (non-hydrogen) atoms. The maximum Gasteiger partial charge on any atom is 0.239 e. The summed E-state index contributed by atoms with van der Waals surface area (Å²) >= 11 is 3.50. The number of rotatable bonds is 3. The van der Waals surface area contributed by atoms with Gasteiger partial charge in [-0.05, 0) is 35.9 Å². The number of phenolic OH excluding ortho intramolecular Hbond substituents is 1. The quantitative estimate of drug-likeness (QED) is 0.702. The third-order valence-electron chi connectivity index (χ3n) is 4.45. The number of hydrogen-bond acceptors (Lipinski definition) is 3. The van der Waals surface area contributed by atoms with Crippen LogP contribution in [0.2, 0.25) is 0 Å². The van der Waals surface area contributed by atoms with E-state index < -0.39 is 0 Å². The Morgan fingerprint density at radius 3 is 2.68 bits per heavy atom. The van der Waals surface area contributed by atoms with E-state index in [1.807, 2.05) is 42.5 Å². The Labute approximate surface area is 154 Å². The normalized spacial score (nSPS) is 20.3. The van der Waals surface area contributed by atoms with Gasteiger partial charge in [0.2, 0.25) is 6.17 Å². The molecule has 0 amide bonds. The van der Waals surface area contributed by atoms with Crippen molar-refractivity contribution in [3.05, 3.63) is 88.3 Å². The number of aliphatic imine (C=N–C) groups is 1. The molecule has 0 fully saturated rings. The minimum atomic E-state index is -0.165. The average Bonchev–Trinajstić information content (AvgIpc) is 3.19. The minimum Gasteiger partial charge on any atom is -0.507 e. The molecule has 1 aliphatic heterocycles. The smallest absolute Gasteiger partial charge is 0.239 e. The van der Waals surface area contributed by atoms with E-state index >= 15 is 0 Å². The minimum absolute atomic E-state index is 0.0558. The fourth-order valence-electron chi connectivity index (χ4n) is 3.24. The molecule has 126 valence electrons. The first-order valence-corrected chi connectivity index (χ1v) is 8.99. The van der Waals surface area contributed by atoms with Gasteiger partial charge in [-0.25, -0.2) is 4.99 Å². The number of halogens is 1. The zero-order chi connectivity index (χ0) is 17.2. The number of nitrogens with two attached hydrogens (primary N) is 1. The molecule has 3 aromatic rings. The second-order valence-electron chi connectivity index (χ2n) is 6.11. The summed E-state index contributed by atoms with van der Waals surface area (Å²) in [5.74, 6) is 1.12. The highest BCUT2D eigenvalue weighted by Crippen LogP contribution is 2.31. The van der Waals surface area contributed by atoms with E-state index in [0.29, 0.717) is 5.75 Å². The molecule has 3 N–H and O–H groups in total. The average molecular weight is 398 g/mol. The van der Waals surface area contributed by atoms with Crippen LogP contribution >= 0.6 is 15.9 Å². The molecule has 0 saturated carbocycles. The van der Waals surface area contributed by atoms with Crippen molar-refractivity contribution in [3.63, 3.8) is 0 Å². The van der Waals surface area contributed by atoms with E-state index in [1.165, 1.54) is 0 Å². The van der Waals surface area contributed by atoms with Crippen LogP contribution in [0.1, 0.15) is 35.5 Å². The molecule has 2 aromatic carbocycles. The monoisotopic (exact) mass is 397 g/mol. The van der Waals surface area contributed by atoms with E-state index in [2.05, 4.69) is 33.4 Å². The second-order valence-corrected chi connectivity index (χ2v) is 7.02. The predicted octanol–water partition coefficient (Wildman–Crippen LogP) is 3.94. The van der Waals surface area contributed by atoms with Crippen molar-refractivity contribution in [1.82, 2.24) is 0 Å². The Morgan fingerprint density at radius 2 is 1.92 bits per heavy atom. The van der Waals surface area contributed by atoms with E-state index in [0.717, 1.165) is 33.5 Å². The van der Waals surface area contributed by atoms with Gasteiger partial charge in [0.15, 0.2) is 5.76 Å². The molecule has 0 bridgehead atoms. The van der Waals surface area contributed by atoms with E-state index in [1.54, 1.807) is 12.3 Å². The van der Waals surface area contributed by atoms with Gasteiger partial charge in [-0.2, -0.15) is 0 Å². The third-order valence-corrected chi connectivity index (χ3v) is 4.95. The van der Waals surface area contributed by atoms with Crippen molar-refractivity contribution < 1.29 is 14.8 Å². The first-order valence-electron chi connectivity index (χ1n) is 8.19. The Morgan fingerprint density at radius 1 is 1.08 bits per heavy atom. The third kappa shape index (κ3) is 3.38. The maximum absolute atomic E-state index is 10.4. The summed E-state index contributed by atoms with van der Waals surface area (Å²) in [6.45, 7) is 0. The second kappa shape index (κ2) is 6.86. The molecular formula is C20H18BrN2O2+. The highest BCUT2D eigenvalue weighted by atomic mass is 79.9. The highest BCUT2D eigenvalue weighted by molar-refractivity contribution is 9.10. The Balaban J connectivity index is 1.75. The summed E-state index contributed by atoms with van der Waals surface area (Å²) in [5.41, 5.74) is 3.02. The van der Waals surface area contributed by atoms with Crippen LogP contribution in [0.25, 0.3) is 0 Å². The molecule has 2 atom stereocenters. The SMILES string of the molecule is Oc1ccc(Br)cc1[C@H]1CC(c2ccccc2)=N[C@@H](c2ccco2)[NH2+]1. The van der Waals surface area contributed by atoms with Crippen molar-refractivity contribution in [2.75, 3.05) is 0 Å². The van der Waals surface area contributed by atoms with Crippen LogP contribution in [-0.4, -0.2) is 10.8 Å². The fourth-order valence-corrected chi connectivity index (χ4v) is 3.62. The first kappa shape index (κ1) is 16.1. The van der Waals surface area contributed by atoms with Crippen molar-refractivity contribution in [2.24, 2.45) is 4.99 Å². The van der Waals surface area contributed by atoms with Crippen LogP contribution in [0.5, 0.6) is 5.75 Å². The van der Waals surface area contributed by atoms with E-state index in [9.17, 15) is 5.11 Å². The molecule has 4 nitrogen and oxygen atoms in total. The molecule has 0 spiro atoms. The van der Waals surface area contributed by atoms with Gasteiger partial charge in [0.1, 0.15) is 11.8 Å². The van der Waals surface area contributed by atoms with Gasteiger partial charge in [0.25, 0.3) is 0 Å². The summed E-state index contributed by atoms with van der Waals surface area (Å²) < 4.78 is 6.54. The predicted molar refractivity (Wildman–Crippen MR) is 99.5 cm³/mol. The van der Waals surface area contributed by atoms with Gasteiger partial charge in [0, 0.05) is 10.9 Å². The van der Waals surface area contributed by atoms with Crippen LogP contribution in [0.15, 0.2) is 80.8 Å². The number of phenols is 1. The zero-order valence-electron chi connectivity index (χ0n) is 13.5. The lowest BCUT2D eigenvalue weighted by atomic mass is 9.94. The molecule has 4 rings (SSSR count). The summed E-state index contributed by atoms with van der Waals surface area (Å²) in [6, 6.07) is 19.6. The number of furan rings is 1. The van der Waals surface area contributed by atoms with Crippen molar-refractivity contribution in [3.8, 4) is 5.75 Å². The Bertz CT molecular complexity index is 891. The molecule has 2 heterocycles. The largest absolute Gasteiger partial charge is 0.507 e. The molecule has 0 saturated heterocycles. The molecule has 1 aliphatic rings. The molecule has 5 heteroatoms. The number of quaternary nitrogens is 1. The van der Waals surface area contributed by atoms with Crippen LogP contribution in [-0.2, 0) is 0 Å². The van der Waals surface area contributed by atoms with Gasteiger partial charge < -0.3 is 14.8 Å². The Kier molecular flexibility index (Phi) is 4.42. The lowest BCUT2D eigenvalue weighted by Crippen LogP contribution is -2.87. The highest BCUT2D eigenvalue weighted by Gasteiger charge is 2.32. The van der Waals surface area contributed by atoms with Crippen LogP contribution in [0.3, 0.4) is 0 Å². The van der Waals surface area contributed by atoms with Gasteiger partial charge in [0.05, 0.1) is 17.5 Å². The number of aromatic hydroxyl groups is 1. The van der Waals surface area contributed by atoms with Crippen molar-refractivity contribution in [2.45, 2.75) is 18.6 Å². The van der Waals surface area contributed by atoms with Gasteiger partial charge >= 0.3 is 0 Å². The lowest BCUT2D eigenvalue weighted by Gasteiger charge is -2.26. The lowest BCUT2D eigenvalue weighted by molar-refractivity contribution is -0.736. The molecule has 0 radical (unpaired) electrons. The fraction of sp³-hybridized carbons (Fsp3) is 0.150. The summed E-state index contributed by atoms with van der Waals surface area (Å²) in [7, 11) is 0. The molecule has 0 unspecified atom stereocenters. The first-order chi connectivity index (χ1) is 12.2. The number of nitrogens with zero attached hydrogens (tertiary/aromatic N) is 1. The molecule has 0 aliphatic carbocycles. The van der Waals surface area contributed by atoms with Crippen LogP contribution in [0.4, 0.5) is 0 Å². The van der Waals surface area contributed by atoms with Gasteiger partial charge in [-0.3, -0.25) is 0 Å². The number of benzene rings is 2. The molecular weight excluding hydrogens is 380 g/mol. The van der Waals surface area contributed by atoms with Crippen molar-refractivity contribution in [1.29, 1.82) is 0 Å². The van der Waals surface area contributed by atoms with Crippen molar-refractivity contribution >= 4 is 21.6 Å². The Hall–Kier alpha value is -2.37. The van der Waals surface area contributed by atoms with E-state index in [-0.39, 0.29) is 12.2 Å². The zero-order valence-corrected chi connectivity index (χ0v) is 15.1. The standard InChI is InChI=1S/C20H17BrN2O2/c21-14-8-9-18(24)15(11-14)17-12-16(13-5-2-1-3-6-13)22-20(23-17)19-7-4-10-25-19/h1-11,17,20,23-24H,12H2/p+1/t17-,20-/m1/s1.